The number of hydrogen-bond donors (Lipinski definition) is 1. The molecule has 2 heterocycles. The van der Waals surface area contributed by atoms with E-state index in [2.05, 4.69) is 47.8 Å². The van der Waals surface area contributed by atoms with Gasteiger partial charge in [0.2, 0.25) is 0 Å². The van der Waals surface area contributed by atoms with Gasteiger partial charge in [-0.2, -0.15) is 0 Å². The molecule has 1 aromatic heterocycles. The van der Waals surface area contributed by atoms with E-state index in [1.54, 1.807) is 7.11 Å². The highest BCUT2D eigenvalue weighted by molar-refractivity contribution is 5.68. The lowest BCUT2D eigenvalue weighted by atomic mass is 9.97. The molecule has 0 saturated carbocycles. The number of rotatable bonds is 3. The smallest absolute Gasteiger partial charge is 0.121 e. The highest BCUT2D eigenvalue weighted by Crippen LogP contribution is 2.39. The Labute approximate surface area is 119 Å². The van der Waals surface area contributed by atoms with Crippen LogP contribution in [0.4, 0.5) is 5.69 Å². The van der Waals surface area contributed by atoms with E-state index in [1.807, 2.05) is 12.3 Å². The molecular formula is C16H21N3O. The summed E-state index contributed by atoms with van der Waals surface area (Å²) in [4.78, 5) is 4.62. The Morgan fingerprint density at radius 3 is 2.85 bits per heavy atom. The van der Waals surface area contributed by atoms with Crippen LogP contribution in [0.1, 0.15) is 38.7 Å². The minimum atomic E-state index is -0.124. The molecule has 3 rings (SSSR count). The molecule has 1 N–H and O–H groups in total. The molecule has 0 amide bonds. The number of aryl methyl sites for hydroxylation is 1. The lowest BCUT2D eigenvalue weighted by Crippen LogP contribution is -2.35. The Kier molecular flexibility index (Phi) is 2.96. The summed E-state index contributed by atoms with van der Waals surface area (Å²) in [7, 11) is 1.70. The van der Waals surface area contributed by atoms with Gasteiger partial charge < -0.3 is 10.1 Å². The fourth-order valence-corrected chi connectivity index (χ4v) is 2.83. The van der Waals surface area contributed by atoms with Crippen LogP contribution in [-0.2, 0) is 12.0 Å². The number of hydrogen-bond acceptors (Lipinski definition) is 3. The van der Waals surface area contributed by atoms with Crippen molar-refractivity contribution in [3.8, 4) is 11.4 Å². The predicted octanol–water partition coefficient (Wildman–Crippen LogP) is 3.49. The van der Waals surface area contributed by atoms with Crippen LogP contribution >= 0.6 is 0 Å². The summed E-state index contributed by atoms with van der Waals surface area (Å²) in [5, 5.41) is 3.58. The van der Waals surface area contributed by atoms with E-state index < -0.39 is 0 Å². The van der Waals surface area contributed by atoms with E-state index in [0.717, 1.165) is 35.8 Å². The van der Waals surface area contributed by atoms with E-state index in [4.69, 9.17) is 4.74 Å². The summed E-state index contributed by atoms with van der Waals surface area (Å²) in [5.41, 5.74) is 3.32. The van der Waals surface area contributed by atoms with Crippen molar-refractivity contribution in [2.45, 2.75) is 39.2 Å². The standard InChI is InChI=1S/C16H21N3O/c1-5-6-15-17-10-14-16(2,3)18-12-8-7-11(20-4)9-13(12)19(14)15/h7-10,18H,5-6H2,1-4H3. The number of nitrogens with one attached hydrogen (secondary N) is 1. The van der Waals surface area contributed by atoms with Crippen LogP contribution in [0.5, 0.6) is 5.75 Å². The van der Waals surface area contributed by atoms with Crippen LogP contribution in [0.25, 0.3) is 5.69 Å². The van der Waals surface area contributed by atoms with Crippen molar-refractivity contribution in [3.05, 3.63) is 35.9 Å². The lowest BCUT2D eigenvalue weighted by Gasteiger charge is -2.35. The van der Waals surface area contributed by atoms with Gasteiger partial charge in [-0.25, -0.2) is 4.98 Å². The summed E-state index contributed by atoms with van der Waals surface area (Å²) in [5.74, 6) is 1.99. The van der Waals surface area contributed by atoms with Gasteiger partial charge >= 0.3 is 0 Å². The Bertz CT molecular complexity index is 643. The van der Waals surface area contributed by atoms with Gasteiger partial charge in [0.15, 0.2) is 0 Å². The first kappa shape index (κ1) is 13.0. The Balaban J connectivity index is 2.23. The van der Waals surface area contributed by atoms with E-state index in [-0.39, 0.29) is 5.54 Å². The average Bonchev–Trinajstić information content (AvgIpc) is 2.84. The fraction of sp³-hybridized carbons (Fsp3) is 0.438. The second kappa shape index (κ2) is 4.54. The molecule has 2 aromatic rings. The minimum Gasteiger partial charge on any atom is -0.497 e. The second-order valence-electron chi connectivity index (χ2n) is 5.78. The molecule has 4 heteroatoms. The number of anilines is 1. The molecule has 0 bridgehead atoms. The lowest BCUT2D eigenvalue weighted by molar-refractivity contribution is 0.414. The van der Waals surface area contributed by atoms with Crippen molar-refractivity contribution < 1.29 is 4.74 Å². The minimum absolute atomic E-state index is 0.124. The number of imidazole rings is 1. The molecule has 1 aromatic carbocycles. The normalized spacial score (nSPS) is 15.2. The van der Waals surface area contributed by atoms with E-state index in [0.29, 0.717) is 0 Å². The Morgan fingerprint density at radius 1 is 1.35 bits per heavy atom. The van der Waals surface area contributed by atoms with Crippen molar-refractivity contribution in [1.82, 2.24) is 9.55 Å². The molecule has 0 fully saturated rings. The van der Waals surface area contributed by atoms with Gasteiger partial charge in [-0.1, -0.05) is 6.92 Å². The number of nitrogens with zero attached hydrogens (tertiary/aromatic N) is 2. The average molecular weight is 271 g/mol. The second-order valence-corrected chi connectivity index (χ2v) is 5.78. The summed E-state index contributed by atoms with van der Waals surface area (Å²) >= 11 is 0. The summed E-state index contributed by atoms with van der Waals surface area (Å²) in [6.07, 6.45) is 4.05. The van der Waals surface area contributed by atoms with E-state index >= 15 is 0 Å². The molecule has 1 aliphatic rings. The summed E-state index contributed by atoms with van der Waals surface area (Å²) in [6, 6.07) is 6.14. The molecule has 0 saturated heterocycles. The highest BCUT2D eigenvalue weighted by Gasteiger charge is 2.32. The maximum absolute atomic E-state index is 5.36. The largest absolute Gasteiger partial charge is 0.497 e. The molecule has 4 nitrogen and oxygen atoms in total. The van der Waals surface area contributed by atoms with Crippen LogP contribution in [0.2, 0.25) is 0 Å². The third-order valence-electron chi connectivity index (χ3n) is 3.84. The van der Waals surface area contributed by atoms with Gasteiger partial charge in [0.25, 0.3) is 0 Å². The first-order valence-corrected chi connectivity index (χ1v) is 7.10. The summed E-state index contributed by atoms with van der Waals surface area (Å²) < 4.78 is 7.64. The molecule has 0 aliphatic carbocycles. The highest BCUT2D eigenvalue weighted by atomic mass is 16.5. The Hall–Kier alpha value is -1.97. The molecule has 0 atom stereocenters. The van der Waals surface area contributed by atoms with Gasteiger partial charge in [-0.05, 0) is 32.4 Å². The fourth-order valence-electron chi connectivity index (χ4n) is 2.83. The van der Waals surface area contributed by atoms with Crippen molar-refractivity contribution in [3.63, 3.8) is 0 Å². The molecule has 0 radical (unpaired) electrons. The van der Waals surface area contributed by atoms with Crippen LogP contribution in [0.3, 0.4) is 0 Å². The number of benzene rings is 1. The van der Waals surface area contributed by atoms with Gasteiger partial charge in [-0.3, -0.25) is 4.57 Å². The quantitative estimate of drug-likeness (QED) is 0.928. The van der Waals surface area contributed by atoms with Crippen molar-refractivity contribution in [2.24, 2.45) is 0 Å². The first-order valence-electron chi connectivity index (χ1n) is 7.10. The van der Waals surface area contributed by atoms with Crippen molar-refractivity contribution in [1.29, 1.82) is 0 Å². The van der Waals surface area contributed by atoms with Crippen LogP contribution in [0.15, 0.2) is 24.4 Å². The van der Waals surface area contributed by atoms with Crippen LogP contribution in [0, 0.1) is 0 Å². The Morgan fingerprint density at radius 2 is 2.15 bits per heavy atom. The van der Waals surface area contributed by atoms with Crippen molar-refractivity contribution in [2.75, 3.05) is 12.4 Å². The molecule has 0 unspecified atom stereocenters. The van der Waals surface area contributed by atoms with Crippen molar-refractivity contribution >= 4 is 5.69 Å². The molecule has 0 spiro atoms. The zero-order valence-corrected chi connectivity index (χ0v) is 12.5. The van der Waals surface area contributed by atoms with E-state index in [9.17, 15) is 0 Å². The number of aromatic nitrogens is 2. The first-order chi connectivity index (χ1) is 9.56. The molecule has 20 heavy (non-hydrogen) atoms. The molecular weight excluding hydrogens is 250 g/mol. The molecule has 1 aliphatic heterocycles. The van der Waals surface area contributed by atoms with Crippen LogP contribution in [-0.4, -0.2) is 16.7 Å². The third kappa shape index (κ3) is 1.87. The number of ether oxygens (including phenoxy) is 1. The van der Waals surface area contributed by atoms with Crippen LogP contribution < -0.4 is 10.1 Å². The third-order valence-corrected chi connectivity index (χ3v) is 3.84. The van der Waals surface area contributed by atoms with Gasteiger partial charge in [-0.15, -0.1) is 0 Å². The molecule has 106 valence electrons. The zero-order chi connectivity index (χ0) is 14.3. The SMILES string of the molecule is CCCc1ncc2n1-c1cc(OC)ccc1NC2(C)C. The zero-order valence-electron chi connectivity index (χ0n) is 12.5. The monoisotopic (exact) mass is 271 g/mol. The van der Waals surface area contributed by atoms with Gasteiger partial charge in [0.1, 0.15) is 11.6 Å². The van der Waals surface area contributed by atoms with E-state index in [1.165, 1.54) is 5.69 Å². The van der Waals surface area contributed by atoms with Gasteiger partial charge in [0, 0.05) is 12.5 Å². The van der Waals surface area contributed by atoms with Gasteiger partial charge in [0.05, 0.1) is 35.9 Å². The topological polar surface area (TPSA) is 39.1 Å². The number of fused-ring (bicyclic) bond motifs is 3. The predicted molar refractivity (Wildman–Crippen MR) is 80.8 cm³/mol. The summed E-state index contributed by atoms with van der Waals surface area (Å²) in [6.45, 7) is 6.55. The maximum atomic E-state index is 5.36. The number of methoxy groups -OCH3 is 1. The maximum Gasteiger partial charge on any atom is 0.121 e.